The molecule has 6 nitrogen and oxygen atoms in total. The molecule has 0 bridgehead atoms. The molecule has 0 fully saturated rings. The van der Waals surface area contributed by atoms with Crippen LogP contribution in [-0.2, 0) is 14.1 Å². The Morgan fingerprint density at radius 3 is 2.87 bits per heavy atom. The van der Waals surface area contributed by atoms with E-state index in [0.29, 0.717) is 5.82 Å². The summed E-state index contributed by atoms with van der Waals surface area (Å²) >= 11 is 0. The SMILES string of the molecule is CNc1nc[n+](C)c2c1[nH]c(=O)n2C.[Cl-]. The molecule has 0 atom stereocenters. The fourth-order valence-electron chi connectivity index (χ4n) is 1.54. The third-order valence-corrected chi connectivity index (χ3v) is 2.25. The average Bonchev–Trinajstić information content (AvgIpc) is 2.45. The summed E-state index contributed by atoms with van der Waals surface area (Å²) in [5, 5.41) is 2.93. The molecule has 0 unspecified atom stereocenters. The quantitative estimate of drug-likeness (QED) is 0.492. The number of nitrogens with zero attached hydrogens (tertiary/aromatic N) is 3. The second kappa shape index (κ2) is 3.90. The van der Waals surface area contributed by atoms with Gasteiger partial charge in [0.2, 0.25) is 12.1 Å². The van der Waals surface area contributed by atoms with Crippen LogP contribution in [0.4, 0.5) is 5.82 Å². The van der Waals surface area contributed by atoms with Gasteiger partial charge in [-0.2, -0.15) is 0 Å². The predicted octanol–water partition coefficient (Wildman–Crippen LogP) is -3.87. The van der Waals surface area contributed by atoms with Crippen LogP contribution in [-0.4, -0.2) is 21.6 Å². The number of hydrogen-bond donors (Lipinski definition) is 2. The van der Waals surface area contributed by atoms with E-state index in [9.17, 15) is 4.79 Å². The molecule has 0 amide bonds. The van der Waals surface area contributed by atoms with E-state index in [1.165, 1.54) is 0 Å². The molecule has 2 heterocycles. The zero-order valence-electron chi connectivity index (χ0n) is 8.71. The number of imidazole rings is 1. The molecule has 82 valence electrons. The molecule has 0 radical (unpaired) electrons. The van der Waals surface area contributed by atoms with Crippen molar-refractivity contribution in [2.75, 3.05) is 12.4 Å². The van der Waals surface area contributed by atoms with Gasteiger partial charge >= 0.3 is 5.69 Å². The van der Waals surface area contributed by atoms with E-state index in [-0.39, 0.29) is 18.1 Å². The summed E-state index contributed by atoms with van der Waals surface area (Å²) < 4.78 is 3.35. The Balaban J connectivity index is 0.00000112. The maximum atomic E-state index is 11.4. The molecule has 2 aromatic heterocycles. The number of rotatable bonds is 1. The normalized spacial score (nSPS) is 10.1. The van der Waals surface area contributed by atoms with Gasteiger partial charge < -0.3 is 17.7 Å². The molecule has 0 saturated heterocycles. The van der Waals surface area contributed by atoms with Crippen LogP contribution in [0.5, 0.6) is 0 Å². The van der Waals surface area contributed by atoms with Crippen LogP contribution >= 0.6 is 0 Å². The Hall–Kier alpha value is -1.56. The molecular formula is C8H12ClN5O. The van der Waals surface area contributed by atoms with Crippen molar-refractivity contribution in [3.8, 4) is 0 Å². The van der Waals surface area contributed by atoms with Gasteiger partial charge in [-0.1, -0.05) is 4.98 Å². The summed E-state index contributed by atoms with van der Waals surface area (Å²) in [6.45, 7) is 0. The van der Waals surface area contributed by atoms with Crippen molar-refractivity contribution in [1.82, 2.24) is 14.5 Å². The lowest BCUT2D eigenvalue weighted by Gasteiger charge is -1.97. The smallest absolute Gasteiger partial charge is 0.384 e. The molecule has 0 saturated carbocycles. The van der Waals surface area contributed by atoms with E-state index >= 15 is 0 Å². The monoisotopic (exact) mass is 229 g/mol. The summed E-state index contributed by atoms with van der Waals surface area (Å²) in [5.41, 5.74) is 1.40. The third-order valence-electron chi connectivity index (χ3n) is 2.25. The van der Waals surface area contributed by atoms with E-state index in [2.05, 4.69) is 15.3 Å². The molecule has 2 N–H and O–H groups in total. The van der Waals surface area contributed by atoms with Crippen LogP contribution in [0.3, 0.4) is 0 Å². The number of fused-ring (bicyclic) bond motifs is 1. The first-order valence-corrected chi connectivity index (χ1v) is 4.26. The van der Waals surface area contributed by atoms with E-state index in [4.69, 9.17) is 0 Å². The largest absolute Gasteiger partial charge is 1.00 e. The highest BCUT2D eigenvalue weighted by Crippen LogP contribution is 2.11. The van der Waals surface area contributed by atoms with Crippen LogP contribution in [0.25, 0.3) is 11.2 Å². The van der Waals surface area contributed by atoms with Gasteiger partial charge in [-0.25, -0.2) is 13.9 Å². The first kappa shape index (κ1) is 11.5. The van der Waals surface area contributed by atoms with Crippen LogP contribution < -0.4 is 28.0 Å². The number of aromatic amines is 1. The summed E-state index contributed by atoms with van der Waals surface area (Å²) in [4.78, 5) is 18.3. The first-order chi connectivity index (χ1) is 6.65. The minimum absolute atomic E-state index is 0. The first-order valence-electron chi connectivity index (χ1n) is 4.26. The molecule has 15 heavy (non-hydrogen) atoms. The number of hydrogen-bond acceptors (Lipinski definition) is 3. The molecule has 7 heteroatoms. The number of aryl methyl sites for hydroxylation is 2. The maximum absolute atomic E-state index is 11.4. The van der Waals surface area contributed by atoms with Gasteiger partial charge in [0, 0.05) is 7.05 Å². The van der Waals surface area contributed by atoms with Gasteiger partial charge in [0.1, 0.15) is 0 Å². The molecular weight excluding hydrogens is 218 g/mol. The molecule has 0 aromatic carbocycles. The number of aromatic nitrogens is 4. The third kappa shape index (κ3) is 1.56. The van der Waals surface area contributed by atoms with E-state index in [1.54, 1.807) is 29.6 Å². The zero-order chi connectivity index (χ0) is 10.3. The van der Waals surface area contributed by atoms with Gasteiger partial charge in [-0.3, -0.25) is 4.98 Å². The second-order valence-corrected chi connectivity index (χ2v) is 3.14. The van der Waals surface area contributed by atoms with Crippen LogP contribution in [0.15, 0.2) is 11.1 Å². The summed E-state index contributed by atoms with van der Waals surface area (Å²) in [7, 11) is 5.34. The fourth-order valence-corrected chi connectivity index (χ4v) is 1.54. The number of H-pyrrole nitrogens is 1. The Morgan fingerprint density at radius 1 is 1.60 bits per heavy atom. The fraction of sp³-hybridized carbons (Fsp3) is 0.375. The number of anilines is 1. The topological polar surface area (TPSA) is 66.6 Å². The van der Waals surface area contributed by atoms with Crippen molar-refractivity contribution in [1.29, 1.82) is 0 Å². The van der Waals surface area contributed by atoms with Crippen molar-refractivity contribution in [2.24, 2.45) is 14.1 Å². The molecule has 0 aliphatic rings. The van der Waals surface area contributed by atoms with Crippen molar-refractivity contribution in [2.45, 2.75) is 0 Å². The Labute approximate surface area is 92.4 Å². The summed E-state index contributed by atoms with van der Waals surface area (Å²) in [5.74, 6) is 0.677. The highest BCUT2D eigenvalue weighted by Gasteiger charge is 2.16. The minimum atomic E-state index is -0.139. The summed E-state index contributed by atoms with van der Waals surface area (Å²) in [6, 6.07) is 0. The zero-order valence-corrected chi connectivity index (χ0v) is 9.46. The molecule has 0 spiro atoms. The summed E-state index contributed by atoms with van der Waals surface area (Å²) in [6.07, 6.45) is 1.67. The average molecular weight is 230 g/mol. The van der Waals surface area contributed by atoms with Crippen LogP contribution in [0.2, 0.25) is 0 Å². The highest BCUT2D eigenvalue weighted by atomic mass is 35.5. The Morgan fingerprint density at radius 2 is 2.27 bits per heavy atom. The Bertz CT molecular complexity index is 544. The molecule has 0 aliphatic heterocycles. The standard InChI is InChI=1S/C8H11N5O.ClH/c1-9-6-5-7(12(2)4-10-6)13(3)8(14)11-5;/h4H,1-3H3,(H,11,14);1H. The van der Waals surface area contributed by atoms with E-state index < -0.39 is 0 Å². The molecule has 2 rings (SSSR count). The minimum Gasteiger partial charge on any atom is -1.00 e. The van der Waals surface area contributed by atoms with Gasteiger partial charge in [0.25, 0.3) is 5.65 Å². The molecule has 2 aromatic rings. The van der Waals surface area contributed by atoms with Crippen molar-refractivity contribution in [3.05, 3.63) is 16.8 Å². The van der Waals surface area contributed by atoms with Crippen LogP contribution in [0, 0.1) is 0 Å². The second-order valence-electron chi connectivity index (χ2n) is 3.14. The number of nitrogens with one attached hydrogen (secondary N) is 2. The van der Waals surface area contributed by atoms with Gasteiger partial charge in [0.15, 0.2) is 5.52 Å². The van der Waals surface area contributed by atoms with Gasteiger partial charge in [0.05, 0.1) is 14.1 Å². The Kier molecular flexibility index (Phi) is 2.99. The van der Waals surface area contributed by atoms with Gasteiger partial charge in [-0.15, -0.1) is 0 Å². The molecule has 0 aliphatic carbocycles. The van der Waals surface area contributed by atoms with E-state index in [0.717, 1.165) is 11.2 Å². The lowest BCUT2D eigenvalue weighted by atomic mass is 10.5. The van der Waals surface area contributed by atoms with Gasteiger partial charge in [-0.05, 0) is 0 Å². The van der Waals surface area contributed by atoms with Crippen LogP contribution in [0.1, 0.15) is 0 Å². The highest BCUT2D eigenvalue weighted by molar-refractivity contribution is 5.80. The van der Waals surface area contributed by atoms with E-state index in [1.807, 2.05) is 7.05 Å². The lowest BCUT2D eigenvalue weighted by molar-refractivity contribution is -0.650. The predicted molar refractivity (Wildman–Crippen MR) is 52.1 cm³/mol. The van der Waals surface area contributed by atoms with Crippen molar-refractivity contribution >= 4 is 17.0 Å². The van der Waals surface area contributed by atoms with Crippen molar-refractivity contribution in [3.63, 3.8) is 0 Å². The lowest BCUT2D eigenvalue weighted by Crippen LogP contribution is -3.00. The maximum Gasteiger partial charge on any atom is 0.384 e. The number of halogens is 1. The van der Waals surface area contributed by atoms with Crippen molar-refractivity contribution < 1.29 is 17.0 Å².